The monoisotopic (exact) mass is 448 g/mol. The highest BCUT2D eigenvalue weighted by Gasteiger charge is 2.29. The second-order valence-electron chi connectivity index (χ2n) is 7.46. The Morgan fingerprint density at radius 1 is 1.07 bits per heavy atom. The van der Waals surface area contributed by atoms with Gasteiger partial charge in [-0.2, -0.15) is 0 Å². The number of benzene rings is 2. The Balaban J connectivity index is 2.32. The summed E-state index contributed by atoms with van der Waals surface area (Å²) in [6.07, 6.45) is 2.60. The van der Waals surface area contributed by atoms with E-state index in [0.29, 0.717) is 28.6 Å². The van der Waals surface area contributed by atoms with Gasteiger partial charge in [0.15, 0.2) is 0 Å². The Labute approximate surface area is 189 Å². The molecule has 2 rings (SSSR count). The molecule has 0 saturated carbocycles. The Kier molecular flexibility index (Phi) is 9.67. The summed E-state index contributed by atoms with van der Waals surface area (Å²) in [6, 6.07) is 12.5. The van der Waals surface area contributed by atoms with Crippen molar-refractivity contribution in [3.8, 4) is 0 Å². The summed E-state index contributed by atoms with van der Waals surface area (Å²) in [7, 11) is 0. The average molecular weight is 449 g/mol. The predicted molar refractivity (Wildman–Crippen MR) is 124 cm³/mol. The molecule has 2 amide bonds. The van der Waals surface area contributed by atoms with Crippen molar-refractivity contribution in [3.63, 3.8) is 0 Å². The molecular weight excluding hydrogens is 419 g/mol. The second-order valence-corrected chi connectivity index (χ2v) is 8.27. The fraction of sp³-hybridized carbons (Fsp3) is 0.417. The first-order valence-electron chi connectivity index (χ1n) is 10.4. The molecule has 4 nitrogen and oxygen atoms in total. The number of carbonyl (C=O) groups excluding carboxylic acids is 2. The molecule has 0 heterocycles. The molecule has 1 N–H and O–H groups in total. The lowest BCUT2D eigenvalue weighted by molar-refractivity contribution is -0.140. The molecule has 0 radical (unpaired) electrons. The second kappa shape index (κ2) is 12.0. The largest absolute Gasteiger partial charge is 0.354 e. The fourth-order valence-corrected chi connectivity index (χ4v) is 3.89. The van der Waals surface area contributed by atoms with Crippen molar-refractivity contribution in [1.82, 2.24) is 10.2 Å². The van der Waals surface area contributed by atoms with Gasteiger partial charge in [-0.3, -0.25) is 9.59 Å². The number of rotatable bonds is 10. The van der Waals surface area contributed by atoms with Crippen LogP contribution < -0.4 is 5.32 Å². The van der Waals surface area contributed by atoms with Crippen LogP contribution in [0.15, 0.2) is 42.5 Å². The lowest BCUT2D eigenvalue weighted by Gasteiger charge is -2.31. The van der Waals surface area contributed by atoms with Gasteiger partial charge in [0.25, 0.3) is 0 Å². The van der Waals surface area contributed by atoms with E-state index in [1.54, 1.807) is 23.1 Å². The van der Waals surface area contributed by atoms with Crippen molar-refractivity contribution in [1.29, 1.82) is 0 Å². The number of halogens is 2. The number of carbonyl (C=O) groups is 2. The van der Waals surface area contributed by atoms with E-state index in [2.05, 4.69) is 12.2 Å². The van der Waals surface area contributed by atoms with E-state index in [-0.39, 0.29) is 24.8 Å². The van der Waals surface area contributed by atoms with Gasteiger partial charge in [-0.25, -0.2) is 0 Å². The molecule has 0 aliphatic rings. The molecule has 0 spiro atoms. The van der Waals surface area contributed by atoms with Crippen molar-refractivity contribution in [2.75, 3.05) is 6.54 Å². The van der Waals surface area contributed by atoms with Crippen molar-refractivity contribution < 1.29 is 9.59 Å². The SMILES string of the molecule is CCCCNC(=O)[C@@H](CC)N(Cc1c(Cl)cccc1Cl)C(=O)Cc1cccc(C)c1. The van der Waals surface area contributed by atoms with Gasteiger partial charge < -0.3 is 10.2 Å². The first kappa shape index (κ1) is 24.2. The van der Waals surface area contributed by atoms with E-state index < -0.39 is 6.04 Å². The van der Waals surface area contributed by atoms with E-state index in [9.17, 15) is 9.59 Å². The zero-order valence-electron chi connectivity index (χ0n) is 17.9. The first-order valence-corrected chi connectivity index (χ1v) is 11.2. The summed E-state index contributed by atoms with van der Waals surface area (Å²) in [6.45, 7) is 6.75. The quantitative estimate of drug-likeness (QED) is 0.483. The molecule has 2 aromatic rings. The van der Waals surface area contributed by atoms with E-state index in [4.69, 9.17) is 23.2 Å². The van der Waals surface area contributed by atoms with Gasteiger partial charge in [-0.1, -0.05) is 79.4 Å². The summed E-state index contributed by atoms with van der Waals surface area (Å²) in [5.41, 5.74) is 2.65. The Morgan fingerprint density at radius 2 is 1.73 bits per heavy atom. The van der Waals surface area contributed by atoms with E-state index in [0.717, 1.165) is 24.0 Å². The maximum atomic E-state index is 13.3. The topological polar surface area (TPSA) is 49.4 Å². The molecular formula is C24H30Cl2N2O2. The predicted octanol–water partition coefficient (Wildman–Crippen LogP) is 5.57. The van der Waals surface area contributed by atoms with Gasteiger partial charge in [0, 0.05) is 28.7 Å². The van der Waals surface area contributed by atoms with E-state index in [1.807, 2.05) is 38.1 Å². The lowest BCUT2D eigenvalue weighted by Crippen LogP contribution is -2.49. The number of hydrogen-bond acceptors (Lipinski definition) is 2. The summed E-state index contributed by atoms with van der Waals surface area (Å²) >= 11 is 12.7. The molecule has 2 aromatic carbocycles. The summed E-state index contributed by atoms with van der Waals surface area (Å²) in [4.78, 5) is 27.8. The molecule has 0 fully saturated rings. The van der Waals surface area contributed by atoms with Gasteiger partial charge >= 0.3 is 0 Å². The normalized spacial score (nSPS) is 11.8. The Hall–Kier alpha value is -2.04. The van der Waals surface area contributed by atoms with Crippen molar-refractivity contribution in [2.24, 2.45) is 0 Å². The number of unbranched alkanes of at least 4 members (excludes halogenated alkanes) is 1. The third-order valence-corrected chi connectivity index (χ3v) is 5.75. The van der Waals surface area contributed by atoms with Crippen LogP contribution in [0.5, 0.6) is 0 Å². The highest BCUT2D eigenvalue weighted by Crippen LogP contribution is 2.27. The van der Waals surface area contributed by atoms with Crippen LogP contribution in [0.2, 0.25) is 10.0 Å². The minimum Gasteiger partial charge on any atom is -0.354 e. The summed E-state index contributed by atoms with van der Waals surface area (Å²) in [5.74, 6) is -0.277. The average Bonchev–Trinajstić information content (AvgIpc) is 2.70. The standard InChI is InChI=1S/C24H30Cl2N2O2/c1-4-6-13-27-24(30)22(5-2)28(16-19-20(25)11-8-12-21(19)26)23(29)15-18-10-7-9-17(3)14-18/h7-12,14,22H,4-6,13,15-16H2,1-3H3,(H,27,30)/t22-/m1/s1. The van der Waals surface area contributed by atoms with Crippen molar-refractivity contribution >= 4 is 35.0 Å². The van der Waals surface area contributed by atoms with E-state index >= 15 is 0 Å². The number of nitrogens with zero attached hydrogens (tertiary/aromatic N) is 1. The third-order valence-electron chi connectivity index (χ3n) is 5.04. The Bertz CT molecular complexity index is 850. The zero-order valence-corrected chi connectivity index (χ0v) is 19.4. The summed E-state index contributed by atoms with van der Waals surface area (Å²) in [5, 5.41) is 3.93. The molecule has 0 unspecified atom stereocenters. The van der Waals surface area contributed by atoms with Crippen LogP contribution in [0.3, 0.4) is 0 Å². The molecule has 0 aliphatic carbocycles. The maximum Gasteiger partial charge on any atom is 0.242 e. The molecule has 6 heteroatoms. The zero-order chi connectivity index (χ0) is 22.1. The molecule has 0 aliphatic heterocycles. The van der Waals surface area contributed by atoms with Gasteiger partial charge in [0.05, 0.1) is 6.42 Å². The number of hydrogen-bond donors (Lipinski definition) is 1. The van der Waals surface area contributed by atoms with Gasteiger partial charge in [-0.05, 0) is 37.5 Å². The van der Waals surface area contributed by atoms with Crippen LogP contribution in [0, 0.1) is 6.92 Å². The lowest BCUT2D eigenvalue weighted by atomic mass is 10.0. The molecule has 1 atom stereocenters. The van der Waals surface area contributed by atoms with Crippen LogP contribution in [0.1, 0.15) is 49.8 Å². The molecule has 30 heavy (non-hydrogen) atoms. The van der Waals surface area contributed by atoms with Crippen LogP contribution in [-0.4, -0.2) is 29.3 Å². The smallest absolute Gasteiger partial charge is 0.242 e. The minimum atomic E-state index is -0.591. The fourth-order valence-electron chi connectivity index (χ4n) is 3.38. The highest BCUT2D eigenvalue weighted by atomic mass is 35.5. The van der Waals surface area contributed by atoms with Crippen LogP contribution >= 0.6 is 23.2 Å². The summed E-state index contributed by atoms with van der Waals surface area (Å²) < 4.78 is 0. The van der Waals surface area contributed by atoms with Crippen molar-refractivity contribution in [2.45, 2.75) is 59.0 Å². The number of amides is 2. The number of aryl methyl sites for hydroxylation is 1. The molecule has 0 aromatic heterocycles. The molecule has 162 valence electrons. The van der Waals surface area contributed by atoms with E-state index in [1.165, 1.54) is 0 Å². The van der Waals surface area contributed by atoms with Crippen LogP contribution in [-0.2, 0) is 22.6 Å². The molecule has 0 saturated heterocycles. The van der Waals surface area contributed by atoms with Gasteiger partial charge in [-0.15, -0.1) is 0 Å². The molecule has 0 bridgehead atoms. The van der Waals surface area contributed by atoms with Crippen LogP contribution in [0.25, 0.3) is 0 Å². The number of nitrogens with one attached hydrogen (secondary N) is 1. The van der Waals surface area contributed by atoms with Crippen molar-refractivity contribution in [3.05, 3.63) is 69.2 Å². The van der Waals surface area contributed by atoms with Gasteiger partial charge in [0.2, 0.25) is 11.8 Å². The highest BCUT2D eigenvalue weighted by molar-refractivity contribution is 6.36. The van der Waals surface area contributed by atoms with Crippen LogP contribution in [0.4, 0.5) is 0 Å². The van der Waals surface area contributed by atoms with Gasteiger partial charge in [0.1, 0.15) is 6.04 Å². The Morgan fingerprint density at radius 3 is 2.33 bits per heavy atom. The maximum absolute atomic E-state index is 13.3. The first-order chi connectivity index (χ1) is 14.4. The minimum absolute atomic E-state index is 0.130. The third kappa shape index (κ3) is 6.75.